The number of rotatable bonds is 5. The number of benzene rings is 2. The van der Waals surface area contributed by atoms with E-state index in [-0.39, 0.29) is 30.3 Å². The molecule has 1 saturated heterocycles. The van der Waals surface area contributed by atoms with Crippen molar-refractivity contribution in [3.05, 3.63) is 62.5 Å². The van der Waals surface area contributed by atoms with Crippen LogP contribution in [0.2, 0.25) is 10.0 Å². The van der Waals surface area contributed by atoms with Gasteiger partial charge in [0.2, 0.25) is 0 Å². The third-order valence-corrected chi connectivity index (χ3v) is 8.30. The van der Waals surface area contributed by atoms with E-state index < -0.39 is 0 Å². The summed E-state index contributed by atoms with van der Waals surface area (Å²) in [6.45, 7) is 3.97. The van der Waals surface area contributed by atoms with Gasteiger partial charge in [0.25, 0.3) is 5.91 Å². The van der Waals surface area contributed by atoms with Crippen molar-refractivity contribution < 1.29 is 4.79 Å². The van der Waals surface area contributed by atoms with Crippen LogP contribution in [0.3, 0.4) is 0 Å². The molecule has 182 valence electrons. The molecule has 1 amide bonds. The normalized spacial score (nSPS) is 26.2. The minimum atomic E-state index is -0.138. The number of fused-ring (bicyclic) bond motifs is 1. The van der Waals surface area contributed by atoms with Gasteiger partial charge in [-0.15, -0.1) is 12.4 Å². The Bertz CT molecular complexity index is 1070. The van der Waals surface area contributed by atoms with E-state index >= 15 is 0 Å². The van der Waals surface area contributed by atoms with Gasteiger partial charge in [-0.05, 0) is 67.0 Å². The average Bonchev–Trinajstić information content (AvgIpc) is 3.47. The first-order valence-corrected chi connectivity index (χ1v) is 13.1. The van der Waals surface area contributed by atoms with Gasteiger partial charge < -0.3 is 0 Å². The highest BCUT2D eigenvalue weighted by Gasteiger charge is 2.43. The standard InChI is InChI=1S/C25H27BrCl2N4O.ClH/c1-2-20-23(25(33)30-31-13-16-4-3-5-17(16)14-31)29-32(22-11-10-19(27)12-21(22)28)24(20)15-6-8-18(26)9-7-15;/h6-12,16-17,20,24H,2-5,13-14H2,1H3,(H,30,33);1H/t16?,17?,20-,24+;/m0./s1. The van der Waals surface area contributed by atoms with Crippen LogP contribution in [0, 0.1) is 17.8 Å². The van der Waals surface area contributed by atoms with Crippen LogP contribution >= 0.6 is 51.5 Å². The molecule has 34 heavy (non-hydrogen) atoms. The third-order valence-electron chi connectivity index (χ3n) is 7.24. The molecule has 9 heteroatoms. The summed E-state index contributed by atoms with van der Waals surface area (Å²) >= 11 is 16.3. The summed E-state index contributed by atoms with van der Waals surface area (Å²) in [4.78, 5) is 13.5. The zero-order valence-electron chi connectivity index (χ0n) is 18.9. The summed E-state index contributed by atoms with van der Waals surface area (Å²) in [6.07, 6.45) is 4.63. The summed E-state index contributed by atoms with van der Waals surface area (Å²) < 4.78 is 1.01. The van der Waals surface area contributed by atoms with Crippen molar-refractivity contribution in [2.75, 3.05) is 18.1 Å². The minimum absolute atomic E-state index is 0. The first-order valence-electron chi connectivity index (χ1n) is 11.6. The van der Waals surface area contributed by atoms with Crippen molar-refractivity contribution in [2.24, 2.45) is 22.9 Å². The van der Waals surface area contributed by atoms with Gasteiger partial charge in [-0.25, -0.2) is 5.01 Å². The molecule has 0 spiro atoms. The molecule has 2 aliphatic heterocycles. The summed E-state index contributed by atoms with van der Waals surface area (Å²) in [5, 5.41) is 9.93. The molecule has 2 unspecified atom stereocenters. The Kier molecular flexibility index (Phi) is 8.15. The van der Waals surface area contributed by atoms with Crippen LogP contribution in [-0.4, -0.2) is 29.7 Å². The Morgan fingerprint density at radius 1 is 1.12 bits per heavy atom. The molecule has 0 radical (unpaired) electrons. The summed E-state index contributed by atoms with van der Waals surface area (Å²) in [6, 6.07) is 13.4. The molecule has 3 aliphatic rings. The molecule has 1 aliphatic carbocycles. The molecule has 2 fully saturated rings. The minimum Gasteiger partial charge on any atom is -0.284 e. The lowest BCUT2D eigenvalue weighted by molar-refractivity contribution is -0.119. The molecule has 1 saturated carbocycles. The van der Waals surface area contributed by atoms with Gasteiger partial charge in [0.15, 0.2) is 0 Å². The van der Waals surface area contributed by atoms with Crippen LogP contribution in [0.1, 0.15) is 44.2 Å². The number of nitrogens with zero attached hydrogens (tertiary/aromatic N) is 3. The number of hydrazone groups is 1. The van der Waals surface area contributed by atoms with Crippen LogP contribution in [0.4, 0.5) is 5.69 Å². The van der Waals surface area contributed by atoms with Crippen molar-refractivity contribution in [2.45, 2.75) is 38.6 Å². The number of hydrogen-bond acceptors (Lipinski definition) is 4. The molecule has 5 nitrogen and oxygen atoms in total. The number of hydrazine groups is 1. The van der Waals surface area contributed by atoms with Gasteiger partial charge in [-0.3, -0.25) is 15.2 Å². The van der Waals surface area contributed by atoms with Crippen molar-refractivity contribution in [1.82, 2.24) is 10.4 Å². The SMILES string of the molecule is CC[C@H]1C(C(=O)NN2CC3CCCC3C2)=NN(c2ccc(Cl)cc2Cl)[C@@H]1c1ccc(Br)cc1.Cl. The van der Waals surface area contributed by atoms with E-state index in [2.05, 4.69) is 45.4 Å². The number of anilines is 1. The highest BCUT2D eigenvalue weighted by Crippen LogP contribution is 2.44. The Balaban J connectivity index is 0.00000274. The Labute approximate surface area is 225 Å². The van der Waals surface area contributed by atoms with Gasteiger partial charge in [0.1, 0.15) is 5.71 Å². The van der Waals surface area contributed by atoms with E-state index in [0.29, 0.717) is 27.6 Å². The van der Waals surface area contributed by atoms with Crippen molar-refractivity contribution in [1.29, 1.82) is 0 Å². The van der Waals surface area contributed by atoms with Gasteiger partial charge in [0.05, 0.1) is 16.8 Å². The number of carbonyl (C=O) groups excluding carboxylic acids is 1. The number of nitrogens with one attached hydrogen (secondary N) is 1. The summed E-state index contributed by atoms with van der Waals surface area (Å²) in [5.74, 6) is 1.23. The van der Waals surface area contributed by atoms with Crippen LogP contribution in [0.5, 0.6) is 0 Å². The van der Waals surface area contributed by atoms with Gasteiger partial charge in [-0.1, -0.05) is 64.6 Å². The summed E-state index contributed by atoms with van der Waals surface area (Å²) in [7, 11) is 0. The number of hydrogen-bond donors (Lipinski definition) is 1. The van der Waals surface area contributed by atoms with E-state index in [1.807, 2.05) is 23.2 Å². The van der Waals surface area contributed by atoms with Crippen LogP contribution in [-0.2, 0) is 4.79 Å². The molecule has 2 aromatic rings. The quantitative estimate of drug-likeness (QED) is 0.415. The number of carbonyl (C=O) groups is 1. The smallest absolute Gasteiger partial charge is 0.282 e. The van der Waals surface area contributed by atoms with E-state index in [4.69, 9.17) is 28.3 Å². The Hall–Kier alpha value is -1.31. The predicted octanol–water partition coefficient (Wildman–Crippen LogP) is 6.88. The molecule has 1 N–H and O–H groups in total. The second-order valence-electron chi connectivity index (χ2n) is 9.23. The predicted molar refractivity (Wildman–Crippen MR) is 145 cm³/mol. The second kappa shape index (κ2) is 10.8. The number of halogens is 4. The lowest BCUT2D eigenvalue weighted by Crippen LogP contribution is -2.45. The average molecular weight is 587 g/mol. The van der Waals surface area contributed by atoms with Gasteiger partial charge in [0, 0.05) is 28.5 Å². The van der Waals surface area contributed by atoms with Gasteiger partial charge >= 0.3 is 0 Å². The first kappa shape index (κ1) is 25.8. The highest BCUT2D eigenvalue weighted by atomic mass is 79.9. The van der Waals surface area contributed by atoms with Crippen LogP contribution in [0.25, 0.3) is 0 Å². The van der Waals surface area contributed by atoms with E-state index in [1.54, 1.807) is 12.1 Å². The lowest BCUT2D eigenvalue weighted by Gasteiger charge is -2.29. The number of amides is 1. The lowest BCUT2D eigenvalue weighted by atomic mass is 9.87. The zero-order chi connectivity index (χ0) is 23.1. The van der Waals surface area contributed by atoms with E-state index in [1.165, 1.54) is 19.3 Å². The van der Waals surface area contributed by atoms with Crippen LogP contribution < -0.4 is 10.4 Å². The maximum Gasteiger partial charge on any atom is 0.282 e. The highest BCUT2D eigenvalue weighted by molar-refractivity contribution is 9.10. The largest absolute Gasteiger partial charge is 0.284 e. The van der Waals surface area contributed by atoms with Crippen molar-refractivity contribution in [3.63, 3.8) is 0 Å². The second-order valence-corrected chi connectivity index (χ2v) is 11.0. The van der Waals surface area contributed by atoms with Gasteiger partial charge in [-0.2, -0.15) is 5.10 Å². The molecule has 0 bridgehead atoms. The third kappa shape index (κ3) is 4.98. The Morgan fingerprint density at radius 2 is 1.79 bits per heavy atom. The summed E-state index contributed by atoms with van der Waals surface area (Å²) in [5.41, 5.74) is 5.54. The molecular formula is C25H28BrCl3N4O. The topological polar surface area (TPSA) is 47.9 Å². The Morgan fingerprint density at radius 3 is 2.41 bits per heavy atom. The van der Waals surface area contributed by atoms with Crippen molar-refractivity contribution in [3.8, 4) is 0 Å². The van der Waals surface area contributed by atoms with Crippen LogP contribution in [0.15, 0.2) is 52.0 Å². The molecular weight excluding hydrogens is 559 g/mol. The fourth-order valence-corrected chi connectivity index (χ4v) is 6.39. The molecule has 4 atom stereocenters. The monoisotopic (exact) mass is 584 g/mol. The molecule has 2 heterocycles. The van der Waals surface area contributed by atoms with Crippen molar-refractivity contribution >= 4 is 68.8 Å². The van der Waals surface area contributed by atoms with E-state index in [0.717, 1.165) is 35.2 Å². The first-order chi connectivity index (χ1) is 15.9. The molecule has 5 rings (SSSR count). The molecule has 0 aromatic heterocycles. The zero-order valence-corrected chi connectivity index (χ0v) is 22.8. The fraction of sp³-hybridized carbons (Fsp3) is 0.440. The molecule has 2 aromatic carbocycles. The maximum absolute atomic E-state index is 13.5. The van der Waals surface area contributed by atoms with E-state index in [9.17, 15) is 4.79 Å². The maximum atomic E-state index is 13.5. The fourth-order valence-electron chi connectivity index (χ4n) is 5.63.